The van der Waals surface area contributed by atoms with Crippen LogP contribution in [-0.4, -0.2) is 44.0 Å². The molecule has 0 atom stereocenters. The van der Waals surface area contributed by atoms with Crippen molar-refractivity contribution < 1.29 is 19.1 Å². The Hall–Kier alpha value is -2.24. The fraction of sp³-hybridized carbons (Fsp3) is 0.556. The molecule has 0 bridgehead atoms. The normalized spacial score (nSPS) is 14.9. The zero-order chi connectivity index (χ0) is 17.7. The predicted molar refractivity (Wildman–Crippen MR) is 92.4 cm³/mol. The summed E-state index contributed by atoms with van der Waals surface area (Å²) in [6.07, 6.45) is 3.13. The standard InChI is InChI=1S/C18H26N2O4/c1-18(2,17(22)20-10-6-5-7-11-20)16(21)19-14-9-8-13(23-3)12-15(14)24-4/h8-9,12H,5-7,10-11H2,1-4H3,(H,19,21). The van der Waals surface area contributed by atoms with E-state index in [0.29, 0.717) is 17.2 Å². The van der Waals surface area contributed by atoms with Crippen molar-refractivity contribution >= 4 is 17.5 Å². The van der Waals surface area contributed by atoms with Crippen LogP contribution in [-0.2, 0) is 9.59 Å². The quantitative estimate of drug-likeness (QED) is 0.841. The van der Waals surface area contributed by atoms with Gasteiger partial charge in [0, 0.05) is 19.2 Å². The molecule has 1 N–H and O–H groups in total. The van der Waals surface area contributed by atoms with Crippen LogP contribution in [0.4, 0.5) is 5.69 Å². The third-order valence-corrected chi connectivity index (χ3v) is 4.40. The number of hydrogen-bond acceptors (Lipinski definition) is 4. The maximum Gasteiger partial charge on any atom is 0.239 e. The monoisotopic (exact) mass is 334 g/mol. The highest BCUT2D eigenvalue weighted by Gasteiger charge is 2.39. The second kappa shape index (κ2) is 7.55. The van der Waals surface area contributed by atoms with Crippen LogP contribution in [0.15, 0.2) is 18.2 Å². The van der Waals surface area contributed by atoms with Gasteiger partial charge in [0.05, 0.1) is 19.9 Å². The van der Waals surface area contributed by atoms with Gasteiger partial charge in [-0.15, -0.1) is 0 Å². The van der Waals surface area contributed by atoms with E-state index in [0.717, 1.165) is 32.4 Å². The number of nitrogens with zero attached hydrogens (tertiary/aromatic N) is 1. The average molecular weight is 334 g/mol. The lowest BCUT2D eigenvalue weighted by molar-refractivity contribution is -0.147. The minimum absolute atomic E-state index is 0.132. The highest BCUT2D eigenvalue weighted by atomic mass is 16.5. The highest BCUT2D eigenvalue weighted by molar-refractivity contribution is 6.10. The van der Waals surface area contributed by atoms with Gasteiger partial charge in [0.1, 0.15) is 16.9 Å². The van der Waals surface area contributed by atoms with Crippen molar-refractivity contribution in [1.82, 2.24) is 4.90 Å². The Morgan fingerprint density at radius 1 is 1.08 bits per heavy atom. The number of nitrogens with one attached hydrogen (secondary N) is 1. The van der Waals surface area contributed by atoms with Gasteiger partial charge < -0.3 is 19.7 Å². The lowest BCUT2D eigenvalue weighted by atomic mass is 9.89. The molecule has 6 nitrogen and oxygen atoms in total. The molecule has 6 heteroatoms. The number of rotatable bonds is 5. The van der Waals surface area contributed by atoms with Crippen molar-refractivity contribution in [2.75, 3.05) is 32.6 Å². The summed E-state index contributed by atoms with van der Waals surface area (Å²) in [5.74, 6) is 0.645. The Bertz CT molecular complexity index is 607. The lowest BCUT2D eigenvalue weighted by Crippen LogP contribution is -2.49. The van der Waals surface area contributed by atoms with Crippen molar-refractivity contribution in [1.29, 1.82) is 0 Å². The molecule has 1 aliphatic heterocycles. The molecule has 0 radical (unpaired) electrons. The van der Waals surface area contributed by atoms with E-state index >= 15 is 0 Å². The topological polar surface area (TPSA) is 67.9 Å². The van der Waals surface area contributed by atoms with Crippen LogP contribution in [0.2, 0.25) is 0 Å². The third kappa shape index (κ3) is 3.80. The second-order valence-corrected chi connectivity index (χ2v) is 6.50. The summed E-state index contributed by atoms with van der Waals surface area (Å²) >= 11 is 0. The van der Waals surface area contributed by atoms with E-state index < -0.39 is 5.41 Å². The Kier molecular flexibility index (Phi) is 5.70. The molecule has 1 aromatic rings. The van der Waals surface area contributed by atoms with Crippen molar-refractivity contribution in [3.63, 3.8) is 0 Å². The van der Waals surface area contributed by atoms with Gasteiger partial charge in [0.25, 0.3) is 0 Å². The largest absolute Gasteiger partial charge is 0.497 e. The van der Waals surface area contributed by atoms with Gasteiger partial charge in [-0.05, 0) is 45.2 Å². The van der Waals surface area contributed by atoms with Crippen LogP contribution in [0.1, 0.15) is 33.1 Å². The van der Waals surface area contributed by atoms with Crippen LogP contribution in [0.5, 0.6) is 11.5 Å². The summed E-state index contributed by atoms with van der Waals surface area (Å²) in [7, 11) is 3.09. The van der Waals surface area contributed by atoms with Gasteiger partial charge in [-0.2, -0.15) is 0 Å². The Balaban J connectivity index is 2.14. The molecular weight excluding hydrogens is 308 g/mol. The fourth-order valence-electron chi connectivity index (χ4n) is 2.77. The second-order valence-electron chi connectivity index (χ2n) is 6.50. The number of likely N-dealkylation sites (tertiary alicyclic amines) is 1. The number of hydrogen-bond donors (Lipinski definition) is 1. The zero-order valence-corrected chi connectivity index (χ0v) is 14.8. The summed E-state index contributed by atoms with van der Waals surface area (Å²) in [5.41, 5.74) is -0.620. The maximum atomic E-state index is 12.7. The predicted octanol–water partition coefficient (Wildman–Crippen LogP) is 2.68. The van der Waals surface area contributed by atoms with Crippen molar-refractivity contribution in [3.05, 3.63) is 18.2 Å². The first-order valence-corrected chi connectivity index (χ1v) is 8.23. The number of piperidine rings is 1. The van der Waals surface area contributed by atoms with E-state index in [1.54, 1.807) is 44.1 Å². The molecule has 24 heavy (non-hydrogen) atoms. The molecule has 1 fully saturated rings. The number of methoxy groups -OCH3 is 2. The van der Waals surface area contributed by atoms with Crippen LogP contribution in [0.25, 0.3) is 0 Å². The summed E-state index contributed by atoms with van der Waals surface area (Å²) in [6.45, 7) is 4.77. The minimum Gasteiger partial charge on any atom is -0.497 e. The molecule has 2 rings (SSSR count). The van der Waals surface area contributed by atoms with Crippen LogP contribution in [0.3, 0.4) is 0 Å². The Morgan fingerprint density at radius 3 is 2.33 bits per heavy atom. The molecule has 0 aromatic heterocycles. The van der Waals surface area contributed by atoms with E-state index in [9.17, 15) is 9.59 Å². The van der Waals surface area contributed by atoms with E-state index in [2.05, 4.69) is 5.32 Å². The van der Waals surface area contributed by atoms with Gasteiger partial charge in [-0.25, -0.2) is 0 Å². The molecule has 0 unspecified atom stereocenters. The van der Waals surface area contributed by atoms with Gasteiger partial charge in [-0.1, -0.05) is 0 Å². The highest BCUT2D eigenvalue weighted by Crippen LogP contribution is 2.31. The summed E-state index contributed by atoms with van der Waals surface area (Å²) < 4.78 is 10.4. The van der Waals surface area contributed by atoms with Crippen molar-refractivity contribution in [2.24, 2.45) is 5.41 Å². The van der Waals surface area contributed by atoms with Crippen molar-refractivity contribution in [3.8, 4) is 11.5 Å². The Morgan fingerprint density at radius 2 is 1.75 bits per heavy atom. The van der Waals surface area contributed by atoms with Crippen LogP contribution in [0, 0.1) is 5.41 Å². The van der Waals surface area contributed by atoms with E-state index in [1.807, 2.05) is 0 Å². The molecule has 2 amide bonds. The summed E-state index contributed by atoms with van der Waals surface area (Å²) in [6, 6.07) is 5.13. The molecular formula is C18H26N2O4. The molecule has 0 spiro atoms. The van der Waals surface area contributed by atoms with Crippen LogP contribution >= 0.6 is 0 Å². The summed E-state index contributed by atoms with van der Waals surface area (Å²) in [5, 5.41) is 2.81. The molecule has 0 saturated carbocycles. The van der Waals surface area contributed by atoms with Gasteiger partial charge in [0.2, 0.25) is 11.8 Å². The first kappa shape index (κ1) is 18.1. The van der Waals surface area contributed by atoms with E-state index in [4.69, 9.17) is 9.47 Å². The zero-order valence-electron chi connectivity index (χ0n) is 14.8. The summed E-state index contributed by atoms with van der Waals surface area (Å²) in [4.78, 5) is 27.2. The number of anilines is 1. The first-order chi connectivity index (χ1) is 11.4. The molecule has 1 aromatic carbocycles. The minimum atomic E-state index is -1.14. The third-order valence-electron chi connectivity index (χ3n) is 4.40. The molecule has 1 saturated heterocycles. The van der Waals surface area contributed by atoms with E-state index in [-0.39, 0.29) is 11.8 Å². The number of benzene rings is 1. The maximum absolute atomic E-state index is 12.7. The average Bonchev–Trinajstić information content (AvgIpc) is 2.61. The van der Waals surface area contributed by atoms with Crippen LogP contribution < -0.4 is 14.8 Å². The molecule has 0 aliphatic carbocycles. The number of carbonyl (C=O) groups is 2. The van der Waals surface area contributed by atoms with Gasteiger partial charge >= 0.3 is 0 Å². The van der Waals surface area contributed by atoms with E-state index in [1.165, 1.54) is 7.11 Å². The van der Waals surface area contributed by atoms with Crippen molar-refractivity contribution in [2.45, 2.75) is 33.1 Å². The number of amides is 2. The lowest BCUT2D eigenvalue weighted by Gasteiger charge is -2.33. The fourth-order valence-corrected chi connectivity index (χ4v) is 2.77. The first-order valence-electron chi connectivity index (χ1n) is 8.23. The Labute approximate surface area is 143 Å². The molecule has 1 heterocycles. The number of ether oxygens (including phenoxy) is 2. The molecule has 1 aliphatic rings. The SMILES string of the molecule is COc1ccc(NC(=O)C(C)(C)C(=O)N2CCCCC2)c(OC)c1. The molecule has 132 valence electrons. The number of carbonyl (C=O) groups excluding carboxylic acids is 2. The van der Waals surface area contributed by atoms with Gasteiger partial charge in [-0.3, -0.25) is 9.59 Å². The van der Waals surface area contributed by atoms with Gasteiger partial charge in [0.15, 0.2) is 0 Å². The smallest absolute Gasteiger partial charge is 0.239 e.